The predicted molar refractivity (Wildman–Crippen MR) is 89.8 cm³/mol. The van der Waals surface area contributed by atoms with E-state index >= 15 is 0 Å². The van der Waals surface area contributed by atoms with Gasteiger partial charge in [0, 0.05) is 43.2 Å². The van der Waals surface area contributed by atoms with Gasteiger partial charge in [-0.2, -0.15) is 0 Å². The molecule has 0 aliphatic carbocycles. The summed E-state index contributed by atoms with van der Waals surface area (Å²) in [6, 6.07) is 7.86. The summed E-state index contributed by atoms with van der Waals surface area (Å²) in [4.78, 5) is 16.3. The van der Waals surface area contributed by atoms with Gasteiger partial charge in [-0.3, -0.25) is 9.69 Å². The minimum Gasteiger partial charge on any atom is -0.497 e. The molecule has 0 spiro atoms. The van der Waals surface area contributed by atoms with Crippen molar-refractivity contribution >= 4 is 16.8 Å². The number of aliphatic hydroxyl groups excluding tert-OH is 1. The lowest BCUT2D eigenvalue weighted by molar-refractivity contribution is -0.121. The van der Waals surface area contributed by atoms with E-state index in [1.165, 1.54) is 6.92 Å². The van der Waals surface area contributed by atoms with Crippen LogP contribution in [-0.2, 0) is 11.3 Å². The molecular weight excluding hydrogens is 310 g/mol. The second-order valence-corrected chi connectivity index (χ2v) is 6.45. The van der Waals surface area contributed by atoms with Crippen LogP contribution in [0.2, 0.25) is 0 Å². The first-order chi connectivity index (χ1) is 11.4. The molecule has 2 atom stereocenters. The molecule has 7 nitrogen and oxygen atoms in total. The van der Waals surface area contributed by atoms with Gasteiger partial charge >= 0.3 is 0 Å². The lowest BCUT2D eigenvalue weighted by atomic mass is 10.0. The van der Waals surface area contributed by atoms with Crippen LogP contribution in [0.15, 0.2) is 24.3 Å². The summed E-state index contributed by atoms with van der Waals surface area (Å²) in [5, 5.41) is 24.3. The zero-order chi connectivity index (χ0) is 17.3. The first kappa shape index (κ1) is 16.8. The number of benzene rings is 1. The number of hydrogen-bond acceptors (Lipinski definition) is 5. The Labute approximate surface area is 140 Å². The molecule has 1 aromatic carbocycles. The van der Waals surface area contributed by atoms with E-state index < -0.39 is 11.7 Å². The second kappa shape index (κ2) is 6.43. The van der Waals surface area contributed by atoms with Crippen molar-refractivity contribution in [2.45, 2.75) is 25.2 Å². The van der Waals surface area contributed by atoms with Crippen LogP contribution in [0.25, 0.3) is 10.9 Å². The molecule has 1 aliphatic rings. The Bertz CT molecular complexity index is 745. The highest BCUT2D eigenvalue weighted by molar-refractivity contribution is 5.81. The Kier molecular flexibility index (Phi) is 4.49. The lowest BCUT2D eigenvalue weighted by Crippen LogP contribution is -2.50. The number of nitrogens with zero attached hydrogens (tertiary/aromatic N) is 1. The number of carbonyl (C=O) groups is 1. The first-order valence-corrected chi connectivity index (χ1v) is 7.92. The summed E-state index contributed by atoms with van der Waals surface area (Å²) in [5.41, 5.74) is 0.689. The highest BCUT2D eigenvalue weighted by Gasteiger charge is 2.44. The maximum atomic E-state index is 11.0. The van der Waals surface area contributed by atoms with E-state index in [1.807, 2.05) is 29.2 Å². The van der Waals surface area contributed by atoms with E-state index in [0.717, 1.165) is 22.3 Å². The summed E-state index contributed by atoms with van der Waals surface area (Å²) in [6.07, 6.45) is -0.895. The number of carbonyl (C=O) groups excluding carboxylic acids is 1. The average Bonchev–Trinajstić information content (AvgIpc) is 3.05. The van der Waals surface area contributed by atoms with Gasteiger partial charge in [-0.15, -0.1) is 0 Å². The Morgan fingerprint density at radius 1 is 1.50 bits per heavy atom. The summed E-state index contributed by atoms with van der Waals surface area (Å²) in [5.74, 6) is 0.577. The molecule has 0 unspecified atom stereocenters. The monoisotopic (exact) mass is 333 g/mol. The van der Waals surface area contributed by atoms with Gasteiger partial charge in [-0.25, -0.2) is 0 Å². The number of methoxy groups -OCH3 is 1. The van der Waals surface area contributed by atoms with E-state index in [4.69, 9.17) is 4.74 Å². The minimum atomic E-state index is -1.32. The molecule has 1 amide bonds. The zero-order valence-corrected chi connectivity index (χ0v) is 13.9. The van der Waals surface area contributed by atoms with Crippen LogP contribution in [-0.4, -0.2) is 64.5 Å². The largest absolute Gasteiger partial charge is 0.497 e. The standard InChI is InChI=1S/C17H23N3O4/c1-11(21)18-9-17(23)10-20(8-16(17)22)7-13-5-12-6-14(24-2)3-4-15(12)19-13/h3-6,16,19,22-23H,7-10H2,1-2H3,(H,18,21)/t16-,17+/m1/s1. The lowest BCUT2D eigenvalue weighted by Gasteiger charge is -2.25. The van der Waals surface area contributed by atoms with Gasteiger partial charge in [-0.05, 0) is 24.3 Å². The molecule has 130 valence electrons. The smallest absolute Gasteiger partial charge is 0.216 e. The topological polar surface area (TPSA) is 97.8 Å². The predicted octanol–water partition coefficient (Wildman–Crippen LogP) is 0.220. The average molecular weight is 333 g/mol. The second-order valence-electron chi connectivity index (χ2n) is 6.45. The van der Waals surface area contributed by atoms with Crippen LogP contribution in [0.5, 0.6) is 5.75 Å². The summed E-state index contributed by atoms with van der Waals surface area (Å²) in [7, 11) is 1.64. The fraction of sp³-hybridized carbons (Fsp3) is 0.471. The van der Waals surface area contributed by atoms with E-state index in [2.05, 4.69) is 10.3 Å². The van der Waals surface area contributed by atoms with Gasteiger partial charge in [0.05, 0.1) is 19.8 Å². The van der Waals surface area contributed by atoms with Crippen LogP contribution in [0, 0.1) is 0 Å². The number of nitrogens with one attached hydrogen (secondary N) is 2. The molecule has 0 radical (unpaired) electrons. The third-order valence-corrected chi connectivity index (χ3v) is 4.47. The van der Waals surface area contributed by atoms with Crippen LogP contribution < -0.4 is 10.1 Å². The molecule has 2 aromatic rings. The third kappa shape index (κ3) is 3.38. The maximum absolute atomic E-state index is 11.0. The van der Waals surface area contributed by atoms with Crippen molar-refractivity contribution in [3.8, 4) is 5.75 Å². The quantitative estimate of drug-likeness (QED) is 0.628. The van der Waals surface area contributed by atoms with Gasteiger partial charge < -0.3 is 25.3 Å². The Morgan fingerprint density at radius 3 is 3.00 bits per heavy atom. The van der Waals surface area contributed by atoms with Gasteiger partial charge in [-0.1, -0.05) is 0 Å². The highest BCUT2D eigenvalue weighted by atomic mass is 16.5. The molecule has 1 aliphatic heterocycles. The molecule has 7 heteroatoms. The van der Waals surface area contributed by atoms with Crippen molar-refractivity contribution in [3.63, 3.8) is 0 Å². The van der Waals surface area contributed by atoms with Crippen LogP contribution in [0.1, 0.15) is 12.6 Å². The van der Waals surface area contributed by atoms with Crippen molar-refractivity contribution in [3.05, 3.63) is 30.0 Å². The third-order valence-electron chi connectivity index (χ3n) is 4.47. The van der Waals surface area contributed by atoms with Crippen molar-refractivity contribution in [2.75, 3.05) is 26.7 Å². The number of aromatic amines is 1. The summed E-state index contributed by atoms with van der Waals surface area (Å²) < 4.78 is 5.23. The Balaban J connectivity index is 1.69. The molecule has 2 heterocycles. The molecule has 0 saturated carbocycles. The van der Waals surface area contributed by atoms with Gasteiger partial charge in [0.2, 0.25) is 5.91 Å². The number of fused-ring (bicyclic) bond motifs is 1. The molecule has 1 aromatic heterocycles. The minimum absolute atomic E-state index is 0.0455. The summed E-state index contributed by atoms with van der Waals surface area (Å²) in [6.45, 7) is 2.67. The Morgan fingerprint density at radius 2 is 2.29 bits per heavy atom. The molecule has 4 N–H and O–H groups in total. The molecule has 1 fully saturated rings. The number of amides is 1. The van der Waals surface area contributed by atoms with E-state index in [0.29, 0.717) is 19.6 Å². The summed E-state index contributed by atoms with van der Waals surface area (Å²) >= 11 is 0. The zero-order valence-electron chi connectivity index (χ0n) is 13.9. The Hall–Kier alpha value is -2.09. The molecular formula is C17H23N3O4. The van der Waals surface area contributed by atoms with Gasteiger partial charge in [0.15, 0.2) is 0 Å². The number of likely N-dealkylation sites (tertiary alicyclic amines) is 1. The van der Waals surface area contributed by atoms with E-state index in [-0.39, 0.29) is 12.5 Å². The van der Waals surface area contributed by atoms with Crippen LogP contribution in [0.3, 0.4) is 0 Å². The highest BCUT2D eigenvalue weighted by Crippen LogP contribution is 2.25. The number of β-amino-alcohol motifs (C(OH)–C–C–N with tert-alkyl or cyclic N) is 2. The number of aromatic nitrogens is 1. The maximum Gasteiger partial charge on any atom is 0.216 e. The number of aliphatic hydroxyl groups is 2. The van der Waals surface area contributed by atoms with Crippen molar-refractivity contribution in [2.24, 2.45) is 0 Å². The van der Waals surface area contributed by atoms with Crippen molar-refractivity contribution < 1.29 is 19.7 Å². The van der Waals surface area contributed by atoms with Crippen molar-refractivity contribution in [1.29, 1.82) is 0 Å². The number of rotatable bonds is 5. The molecule has 0 bridgehead atoms. The normalized spacial score (nSPS) is 24.4. The molecule has 1 saturated heterocycles. The SMILES string of the molecule is COc1ccc2[nH]c(CN3C[C@@H](O)[C@](O)(CNC(C)=O)C3)cc2c1. The number of H-pyrrole nitrogens is 1. The van der Waals surface area contributed by atoms with Gasteiger partial charge in [0.25, 0.3) is 0 Å². The fourth-order valence-corrected chi connectivity index (χ4v) is 3.17. The van der Waals surface area contributed by atoms with E-state index in [9.17, 15) is 15.0 Å². The molecule has 24 heavy (non-hydrogen) atoms. The van der Waals surface area contributed by atoms with E-state index in [1.54, 1.807) is 7.11 Å². The number of hydrogen-bond donors (Lipinski definition) is 4. The first-order valence-electron chi connectivity index (χ1n) is 7.92. The fourth-order valence-electron chi connectivity index (χ4n) is 3.17. The number of ether oxygens (including phenoxy) is 1. The van der Waals surface area contributed by atoms with Crippen LogP contribution >= 0.6 is 0 Å². The van der Waals surface area contributed by atoms with Crippen LogP contribution in [0.4, 0.5) is 0 Å². The molecule has 3 rings (SSSR count). The van der Waals surface area contributed by atoms with Gasteiger partial charge in [0.1, 0.15) is 11.4 Å². The van der Waals surface area contributed by atoms with Crippen molar-refractivity contribution in [1.82, 2.24) is 15.2 Å².